The lowest BCUT2D eigenvalue weighted by atomic mass is 10.0. The lowest BCUT2D eigenvalue weighted by molar-refractivity contribution is -0.135. The maximum absolute atomic E-state index is 13.1. The van der Waals surface area contributed by atoms with Gasteiger partial charge in [-0.05, 0) is 71.2 Å². The van der Waals surface area contributed by atoms with E-state index in [0.29, 0.717) is 13.0 Å². The number of ether oxygens (including phenoxy) is 1. The van der Waals surface area contributed by atoms with Gasteiger partial charge < -0.3 is 19.9 Å². The van der Waals surface area contributed by atoms with Gasteiger partial charge in [0.15, 0.2) is 0 Å². The fourth-order valence-electron chi connectivity index (χ4n) is 5.49. The second kappa shape index (κ2) is 12.3. The molecule has 1 unspecified atom stereocenters. The standard InChI is InChI=1S/C28H42N6O5/c1-28(2,3)39-26(37)29-13-7-15-33-18-16-32(17-19-33)14-6-9-20-8-5-10-21-24(20)31(4)27(38)34(21)22-11-12-23(35)30-25(22)36/h5,8,10,22H,6-7,9,11-19H2,1-4H3,(H,29,37)(H,30,35,36). The van der Waals surface area contributed by atoms with Crippen LogP contribution in [0.15, 0.2) is 23.0 Å². The van der Waals surface area contributed by atoms with Gasteiger partial charge in [-0.2, -0.15) is 0 Å². The zero-order valence-electron chi connectivity index (χ0n) is 23.6. The number of amides is 3. The van der Waals surface area contributed by atoms with Crippen molar-refractivity contribution in [1.82, 2.24) is 29.6 Å². The van der Waals surface area contributed by atoms with E-state index in [1.165, 1.54) is 0 Å². The monoisotopic (exact) mass is 542 g/mol. The number of alkyl carbamates (subject to hydrolysis) is 1. The molecule has 2 saturated heterocycles. The second-order valence-electron chi connectivity index (χ2n) is 11.5. The number of benzene rings is 1. The number of hydrogen-bond donors (Lipinski definition) is 2. The minimum atomic E-state index is -0.668. The SMILES string of the molecule is Cn1c(=O)n(C2CCC(=O)NC2=O)c2cccc(CCCN3CCN(CCCNC(=O)OC(C)(C)C)CC3)c21. The number of para-hydroxylation sites is 1. The van der Waals surface area contributed by atoms with Crippen LogP contribution in [0, 0.1) is 0 Å². The molecule has 2 aromatic rings. The van der Waals surface area contributed by atoms with Crippen LogP contribution in [0.1, 0.15) is 58.1 Å². The van der Waals surface area contributed by atoms with Gasteiger partial charge in [-0.15, -0.1) is 0 Å². The van der Waals surface area contributed by atoms with Crippen molar-refractivity contribution in [2.75, 3.05) is 45.8 Å². The summed E-state index contributed by atoms with van der Waals surface area (Å²) in [4.78, 5) is 53.9. The van der Waals surface area contributed by atoms with E-state index < -0.39 is 17.6 Å². The number of nitrogens with one attached hydrogen (secondary N) is 2. The van der Waals surface area contributed by atoms with Crippen molar-refractivity contribution in [3.63, 3.8) is 0 Å². The number of hydrogen-bond acceptors (Lipinski definition) is 7. The molecule has 2 N–H and O–H groups in total. The van der Waals surface area contributed by atoms with Gasteiger partial charge in [0.05, 0.1) is 11.0 Å². The number of rotatable bonds is 9. The first-order valence-corrected chi connectivity index (χ1v) is 14.0. The first-order valence-electron chi connectivity index (χ1n) is 14.0. The van der Waals surface area contributed by atoms with E-state index in [9.17, 15) is 19.2 Å². The van der Waals surface area contributed by atoms with Crippen molar-refractivity contribution in [2.24, 2.45) is 7.05 Å². The summed E-state index contributed by atoms with van der Waals surface area (Å²) >= 11 is 0. The fraction of sp³-hybridized carbons (Fsp3) is 0.643. The minimum Gasteiger partial charge on any atom is -0.444 e. The Morgan fingerprint density at radius 1 is 1.05 bits per heavy atom. The van der Waals surface area contributed by atoms with Crippen molar-refractivity contribution in [1.29, 1.82) is 0 Å². The van der Waals surface area contributed by atoms with Gasteiger partial charge in [0.2, 0.25) is 11.8 Å². The molecule has 0 radical (unpaired) electrons. The van der Waals surface area contributed by atoms with Gasteiger partial charge in [-0.3, -0.25) is 24.0 Å². The molecule has 0 aliphatic carbocycles. The summed E-state index contributed by atoms with van der Waals surface area (Å²) in [7, 11) is 1.75. The van der Waals surface area contributed by atoms with E-state index in [-0.39, 0.29) is 24.1 Å². The van der Waals surface area contributed by atoms with Crippen molar-refractivity contribution in [3.8, 4) is 0 Å². The highest BCUT2D eigenvalue weighted by atomic mass is 16.6. The Hall–Kier alpha value is -3.18. The number of aryl methyl sites for hydroxylation is 2. The van der Waals surface area contributed by atoms with E-state index in [1.807, 2.05) is 32.9 Å². The highest BCUT2D eigenvalue weighted by Crippen LogP contribution is 2.25. The smallest absolute Gasteiger partial charge is 0.407 e. The highest BCUT2D eigenvalue weighted by molar-refractivity contribution is 6.00. The molecule has 1 aromatic carbocycles. The van der Waals surface area contributed by atoms with Crippen LogP contribution in [0.25, 0.3) is 11.0 Å². The third-order valence-corrected chi connectivity index (χ3v) is 7.41. The topological polar surface area (TPSA) is 118 Å². The minimum absolute atomic E-state index is 0.231. The summed E-state index contributed by atoms with van der Waals surface area (Å²) in [6, 6.07) is 5.21. The van der Waals surface area contributed by atoms with Crippen LogP contribution in [0.3, 0.4) is 0 Å². The number of carbonyl (C=O) groups excluding carboxylic acids is 3. The van der Waals surface area contributed by atoms with Gasteiger partial charge >= 0.3 is 11.8 Å². The molecule has 1 aromatic heterocycles. The molecule has 2 aliphatic rings. The summed E-state index contributed by atoms with van der Waals surface area (Å²) in [6.07, 6.45) is 2.89. The Labute approximate surface area is 229 Å². The van der Waals surface area contributed by atoms with Gasteiger partial charge in [-0.1, -0.05) is 12.1 Å². The number of nitrogens with zero attached hydrogens (tertiary/aromatic N) is 4. The Balaban J connectivity index is 1.25. The molecule has 4 rings (SSSR count). The van der Waals surface area contributed by atoms with Crippen LogP contribution in [0.5, 0.6) is 0 Å². The summed E-state index contributed by atoms with van der Waals surface area (Å²) in [6.45, 7) is 12.1. The number of fused-ring (bicyclic) bond motifs is 1. The summed E-state index contributed by atoms with van der Waals surface area (Å²) in [5.41, 5.74) is 1.98. The van der Waals surface area contributed by atoms with Crippen LogP contribution >= 0.6 is 0 Å². The van der Waals surface area contributed by atoms with Crippen LogP contribution in [0.2, 0.25) is 0 Å². The second-order valence-corrected chi connectivity index (χ2v) is 11.5. The van der Waals surface area contributed by atoms with E-state index in [2.05, 4.69) is 26.5 Å². The number of imide groups is 1. The van der Waals surface area contributed by atoms with Gasteiger partial charge in [0, 0.05) is 46.2 Å². The first kappa shape index (κ1) is 28.8. The lowest BCUT2D eigenvalue weighted by Crippen LogP contribution is -2.47. The number of imidazole rings is 1. The zero-order chi connectivity index (χ0) is 28.2. The molecule has 2 aliphatic heterocycles. The molecular weight excluding hydrogens is 500 g/mol. The predicted molar refractivity (Wildman–Crippen MR) is 149 cm³/mol. The van der Waals surface area contributed by atoms with E-state index in [1.54, 1.807) is 16.2 Å². The molecule has 11 heteroatoms. The predicted octanol–water partition coefficient (Wildman–Crippen LogP) is 1.78. The van der Waals surface area contributed by atoms with Gasteiger partial charge in [-0.25, -0.2) is 9.59 Å². The van der Waals surface area contributed by atoms with E-state index in [4.69, 9.17) is 4.74 Å². The number of carbonyl (C=O) groups is 3. The summed E-state index contributed by atoms with van der Waals surface area (Å²) in [5, 5.41) is 5.19. The summed E-state index contributed by atoms with van der Waals surface area (Å²) < 4.78 is 8.44. The van der Waals surface area contributed by atoms with Crippen LogP contribution in [-0.2, 0) is 27.8 Å². The fourth-order valence-corrected chi connectivity index (χ4v) is 5.49. The third kappa shape index (κ3) is 7.27. The summed E-state index contributed by atoms with van der Waals surface area (Å²) in [5.74, 6) is -0.703. The third-order valence-electron chi connectivity index (χ3n) is 7.41. The normalized spacial score (nSPS) is 19.3. The molecule has 3 amide bonds. The average molecular weight is 543 g/mol. The molecular formula is C28H42N6O5. The molecule has 214 valence electrons. The molecule has 0 spiro atoms. The Bertz CT molecular complexity index is 1250. The molecule has 3 heterocycles. The average Bonchev–Trinajstić information content (AvgIpc) is 3.12. The number of piperidine rings is 1. The largest absolute Gasteiger partial charge is 0.444 e. The van der Waals surface area contributed by atoms with Gasteiger partial charge in [0.1, 0.15) is 11.6 Å². The number of aromatic nitrogens is 2. The van der Waals surface area contributed by atoms with E-state index in [0.717, 1.165) is 75.1 Å². The van der Waals surface area contributed by atoms with Gasteiger partial charge in [0.25, 0.3) is 0 Å². The maximum Gasteiger partial charge on any atom is 0.407 e. The van der Waals surface area contributed by atoms with Crippen molar-refractivity contribution < 1.29 is 19.1 Å². The Kier molecular flexibility index (Phi) is 9.12. The first-order chi connectivity index (χ1) is 18.5. The highest BCUT2D eigenvalue weighted by Gasteiger charge is 2.31. The molecule has 1 atom stereocenters. The van der Waals surface area contributed by atoms with Crippen LogP contribution in [-0.4, -0.2) is 88.3 Å². The quantitative estimate of drug-likeness (QED) is 0.366. The zero-order valence-corrected chi connectivity index (χ0v) is 23.6. The number of piperazine rings is 1. The molecule has 2 fully saturated rings. The van der Waals surface area contributed by atoms with Crippen LogP contribution in [0.4, 0.5) is 4.79 Å². The van der Waals surface area contributed by atoms with Crippen molar-refractivity contribution in [2.45, 2.75) is 64.5 Å². The van der Waals surface area contributed by atoms with Crippen LogP contribution < -0.4 is 16.3 Å². The Morgan fingerprint density at radius 2 is 1.72 bits per heavy atom. The molecule has 11 nitrogen and oxygen atoms in total. The molecule has 0 bridgehead atoms. The van der Waals surface area contributed by atoms with E-state index >= 15 is 0 Å². The Morgan fingerprint density at radius 3 is 2.36 bits per heavy atom. The van der Waals surface area contributed by atoms with Crippen molar-refractivity contribution >= 4 is 28.9 Å². The van der Waals surface area contributed by atoms with Crippen molar-refractivity contribution in [3.05, 3.63) is 34.2 Å². The lowest BCUT2D eigenvalue weighted by Gasteiger charge is -2.34. The molecule has 0 saturated carbocycles. The molecule has 39 heavy (non-hydrogen) atoms. The maximum atomic E-state index is 13.1.